The van der Waals surface area contributed by atoms with E-state index in [0.29, 0.717) is 6.42 Å². The Balaban J connectivity index is 0.00000110. The molecule has 1 aliphatic heterocycles. The van der Waals surface area contributed by atoms with Crippen LogP contribution in [0, 0.1) is 11.3 Å². The quantitative estimate of drug-likeness (QED) is 0.911. The van der Waals surface area contributed by atoms with Crippen LogP contribution >= 0.6 is 24.8 Å². The highest BCUT2D eigenvalue weighted by atomic mass is 35.5. The molecule has 1 aliphatic rings. The summed E-state index contributed by atoms with van der Waals surface area (Å²) in [5.41, 5.74) is 2.40. The Morgan fingerprint density at radius 3 is 2.67 bits per heavy atom. The molecular formula is C15H20Cl2N4. The van der Waals surface area contributed by atoms with Crippen LogP contribution in [-0.4, -0.2) is 36.1 Å². The highest BCUT2D eigenvalue weighted by Crippen LogP contribution is 2.27. The second-order valence-electron chi connectivity index (χ2n) is 4.99. The van der Waals surface area contributed by atoms with E-state index >= 15 is 0 Å². The molecule has 4 nitrogen and oxygen atoms in total. The van der Waals surface area contributed by atoms with Gasteiger partial charge in [-0.2, -0.15) is 5.26 Å². The molecule has 21 heavy (non-hydrogen) atoms. The fraction of sp³-hybridized carbons (Fsp3) is 0.400. The van der Waals surface area contributed by atoms with E-state index in [2.05, 4.69) is 45.5 Å². The van der Waals surface area contributed by atoms with Gasteiger partial charge in [0.05, 0.1) is 12.5 Å². The van der Waals surface area contributed by atoms with Crippen LogP contribution in [0.3, 0.4) is 0 Å². The lowest BCUT2D eigenvalue weighted by Gasteiger charge is -2.34. The number of H-pyrrole nitrogens is 1. The van der Waals surface area contributed by atoms with Crippen molar-refractivity contribution in [1.82, 2.24) is 15.2 Å². The van der Waals surface area contributed by atoms with Gasteiger partial charge in [0.15, 0.2) is 0 Å². The molecule has 6 heteroatoms. The third kappa shape index (κ3) is 3.90. The Hall–Kier alpha value is -1.25. The first kappa shape index (κ1) is 17.8. The fourth-order valence-corrected chi connectivity index (χ4v) is 2.82. The van der Waals surface area contributed by atoms with Gasteiger partial charge >= 0.3 is 0 Å². The summed E-state index contributed by atoms with van der Waals surface area (Å²) in [5, 5.41) is 13.7. The molecule has 1 saturated heterocycles. The Labute approximate surface area is 137 Å². The maximum Gasteiger partial charge on any atom is 0.0641 e. The molecule has 2 N–H and O–H groups in total. The van der Waals surface area contributed by atoms with Crippen LogP contribution in [0.1, 0.15) is 18.0 Å². The molecule has 2 heterocycles. The Morgan fingerprint density at radius 1 is 1.19 bits per heavy atom. The summed E-state index contributed by atoms with van der Waals surface area (Å²) >= 11 is 0. The van der Waals surface area contributed by atoms with Gasteiger partial charge < -0.3 is 10.3 Å². The highest BCUT2D eigenvalue weighted by Gasteiger charge is 2.22. The van der Waals surface area contributed by atoms with Crippen molar-refractivity contribution in [3.05, 3.63) is 36.0 Å². The molecule has 0 unspecified atom stereocenters. The summed E-state index contributed by atoms with van der Waals surface area (Å²) in [6, 6.07) is 11.1. The van der Waals surface area contributed by atoms with Gasteiger partial charge in [-0.3, -0.25) is 4.90 Å². The average molecular weight is 327 g/mol. The predicted molar refractivity (Wildman–Crippen MR) is 90.2 cm³/mol. The minimum Gasteiger partial charge on any atom is -0.361 e. The first-order chi connectivity index (χ1) is 9.38. The molecule has 1 aromatic carbocycles. The van der Waals surface area contributed by atoms with Crippen molar-refractivity contribution in [2.45, 2.75) is 12.5 Å². The van der Waals surface area contributed by atoms with Crippen molar-refractivity contribution in [2.75, 3.05) is 26.2 Å². The van der Waals surface area contributed by atoms with Crippen LogP contribution in [0.5, 0.6) is 0 Å². The fourth-order valence-electron chi connectivity index (χ4n) is 2.82. The number of aromatic amines is 1. The van der Waals surface area contributed by atoms with E-state index in [1.165, 1.54) is 10.9 Å². The molecule has 1 atom stereocenters. The third-order valence-electron chi connectivity index (χ3n) is 3.84. The van der Waals surface area contributed by atoms with Crippen molar-refractivity contribution >= 4 is 35.7 Å². The number of nitriles is 1. The lowest BCUT2D eigenvalue weighted by molar-refractivity contribution is 0.176. The maximum atomic E-state index is 9.10. The highest BCUT2D eigenvalue weighted by molar-refractivity contribution is 5.85. The van der Waals surface area contributed by atoms with E-state index < -0.39 is 0 Å². The molecule has 1 aromatic heterocycles. The molecule has 0 radical (unpaired) electrons. The van der Waals surface area contributed by atoms with E-state index in [1.54, 1.807) is 0 Å². The average Bonchev–Trinajstić information content (AvgIpc) is 2.93. The summed E-state index contributed by atoms with van der Waals surface area (Å²) in [7, 11) is 0. The van der Waals surface area contributed by atoms with Crippen LogP contribution in [0.2, 0.25) is 0 Å². The maximum absolute atomic E-state index is 9.10. The van der Waals surface area contributed by atoms with Crippen LogP contribution in [0.25, 0.3) is 10.9 Å². The molecule has 0 spiro atoms. The van der Waals surface area contributed by atoms with Gasteiger partial charge in [0.2, 0.25) is 0 Å². The van der Waals surface area contributed by atoms with Gasteiger partial charge in [-0.05, 0) is 29.1 Å². The van der Waals surface area contributed by atoms with Crippen molar-refractivity contribution in [2.24, 2.45) is 0 Å². The number of hydrogen-bond donors (Lipinski definition) is 2. The first-order valence-electron chi connectivity index (χ1n) is 6.77. The van der Waals surface area contributed by atoms with Gasteiger partial charge in [-0.15, -0.1) is 24.8 Å². The Kier molecular flexibility index (Phi) is 7.00. The summed E-state index contributed by atoms with van der Waals surface area (Å²) in [6.45, 7) is 4.04. The smallest absolute Gasteiger partial charge is 0.0641 e. The van der Waals surface area contributed by atoms with Crippen molar-refractivity contribution < 1.29 is 0 Å². The van der Waals surface area contributed by atoms with Crippen LogP contribution < -0.4 is 5.32 Å². The molecule has 0 bridgehead atoms. The normalized spacial score (nSPS) is 16.5. The second kappa shape index (κ2) is 8.26. The van der Waals surface area contributed by atoms with Crippen LogP contribution in [0.15, 0.2) is 30.5 Å². The van der Waals surface area contributed by atoms with E-state index in [9.17, 15) is 0 Å². The summed E-state index contributed by atoms with van der Waals surface area (Å²) in [6.07, 6.45) is 2.51. The molecule has 3 rings (SSSR count). The van der Waals surface area contributed by atoms with Gasteiger partial charge in [-0.1, -0.05) is 6.07 Å². The number of aromatic nitrogens is 1. The number of benzene rings is 1. The Bertz CT molecular complexity index is 599. The zero-order valence-electron chi connectivity index (χ0n) is 11.7. The van der Waals surface area contributed by atoms with Crippen LogP contribution in [0.4, 0.5) is 0 Å². The standard InChI is InChI=1S/C15H18N4.2ClH/c16-5-3-15(19-9-7-17-8-10-19)13-1-2-14-12(11-13)4-6-18-14;;/h1-2,4,6,11,15,17-18H,3,7-10H2;2*1H/t15-;;/m0../s1. The van der Waals surface area contributed by atoms with E-state index in [1.807, 2.05) is 6.20 Å². The number of rotatable bonds is 3. The molecule has 0 aliphatic carbocycles. The third-order valence-corrected chi connectivity index (χ3v) is 3.84. The molecule has 114 valence electrons. The molecule has 0 saturated carbocycles. The largest absolute Gasteiger partial charge is 0.361 e. The van der Waals surface area contributed by atoms with Gasteiger partial charge in [0.25, 0.3) is 0 Å². The molecule has 1 fully saturated rings. The molecular weight excluding hydrogens is 307 g/mol. The second-order valence-corrected chi connectivity index (χ2v) is 4.99. The van der Waals surface area contributed by atoms with E-state index in [4.69, 9.17) is 5.26 Å². The zero-order chi connectivity index (χ0) is 13.1. The summed E-state index contributed by atoms with van der Waals surface area (Å²) < 4.78 is 0. The van der Waals surface area contributed by atoms with E-state index in [0.717, 1.165) is 31.7 Å². The van der Waals surface area contributed by atoms with Crippen molar-refractivity contribution in [1.29, 1.82) is 5.26 Å². The number of nitrogens with one attached hydrogen (secondary N) is 2. The lowest BCUT2D eigenvalue weighted by atomic mass is 10.0. The number of piperazine rings is 1. The number of halogens is 2. The first-order valence-corrected chi connectivity index (χ1v) is 6.77. The Morgan fingerprint density at radius 2 is 1.95 bits per heavy atom. The molecule has 0 amide bonds. The monoisotopic (exact) mass is 326 g/mol. The van der Waals surface area contributed by atoms with E-state index in [-0.39, 0.29) is 30.9 Å². The number of fused-ring (bicyclic) bond motifs is 1. The lowest BCUT2D eigenvalue weighted by Crippen LogP contribution is -2.45. The van der Waals surface area contributed by atoms with Gasteiger partial charge in [0.1, 0.15) is 0 Å². The number of nitrogens with zero attached hydrogens (tertiary/aromatic N) is 2. The summed E-state index contributed by atoms with van der Waals surface area (Å²) in [4.78, 5) is 5.62. The number of hydrogen-bond acceptors (Lipinski definition) is 3. The topological polar surface area (TPSA) is 54.9 Å². The predicted octanol–water partition coefficient (Wildman–Crippen LogP) is 2.87. The minimum atomic E-state index is 0. The van der Waals surface area contributed by atoms with Crippen molar-refractivity contribution in [3.63, 3.8) is 0 Å². The minimum absolute atomic E-state index is 0. The van der Waals surface area contributed by atoms with Gasteiger partial charge in [-0.25, -0.2) is 0 Å². The van der Waals surface area contributed by atoms with Crippen molar-refractivity contribution in [3.8, 4) is 6.07 Å². The SMILES string of the molecule is Cl.Cl.N#CC[C@@H](c1ccc2[nH]ccc2c1)N1CCNCC1. The van der Waals surface area contributed by atoms with Crippen LogP contribution in [-0.2, 0) is 0 Å². The summed E-state index contributed by atoms with van der Waals surface area (Å²) in [5.74, 6) is 0. The zero-order valence-corrected chi connectivity index (χ0v) is 13.3. The molecule has 2 aromatic rings. The van der Waals surface area contributed by atoms with Gasteiger partial charge in [0, 0.05) is 43.9 Å².